The first-order valence-electron chi connectivity index (χ1n) is 7.13. The second-order valence-electron chi connectivity index (χ2n) is 5.91. The number of aliphatic carboxylic acids is 1. The molecule has 19 heavy (non-hydrogen) atoms. The van der Waals surface area contributed by atoms with Gasteiger partial charge >= 0.3 is 5.97 Å². The van der Waals surface area contributed by atoms with E-state index in [2.05, 4.69) is 0 Å². The quantitative estimate of drug-likeness (QED) is 0.902. The molecule has 3 rings (SSSR count). The number of hydrogen-bond donors (Lipinski definition) is 1. The van der Waals surface area contributed by atoms with Crippen molar-refractivity contribution in [3.8, 4) is 5.75 Å². The normalized spacial score (nSPS) is 21.3. The van der Waals surface area contributed by atoms with Gasteiger partial charge in [-0.05, 0) is 38.7 Å². The van der Waals surface area contributed by atoms with Gasteiger partial charge in [-0.1, -0.05) is 30.5 Å². The summed E-state index contributed by atoms with van der Waals surface area (Å²) in [6.07, 6.45) is 5.92. The minimum Gasteiger partial charge on any atom is -0.490 e. The molecule has 3 heteroatoms. The van der Waals surface area contributed by atoms with E-state index in [1.165, 1.54) is 0 Å². The molecule has 0 heterocycles. The van der Waals surface area contributed by atoms with Crippen LogP contribution in [0.5, 0.6) is 5.75 Å². The molecule has 0 unspecified atom stereocenters. The van der Waals surface area contributed by atoms with E-state index in [9.17, 15) is 9.90 Å². The number of carboxylic acids is 1. The third-order valence-electron chi connectivity index (χ3n) is 4.34. The summed E-state index contributed by atoms with van der Waals surface area (Å²) in [5.41, 5.74) is 1.27. The average Bonchev–Trinajstić information content (AvgIpc) is 3.05. The molecule has 0 spiro atoms. The number of carbonyl (C=O) groups is 1. The van der Waals surface area contributed by atoms with Crippen LogP contribution in [0, 0.1) is 6.92 Å². The molecular formula is C16H20O3. The van der Waals surface area contributed by atoms with Crippen molar-refractivity contribution < 1.29 is 14.6 Å². The minimum atomic E-state index is -0.726. The zero-order valence-corrected chi connectivity index (χ0v) is 11.3. The van der Waals surface area contributed by atoms with Gasteiger partial charge < -0.3 is 9.84 Å². The molecule has 0 aliphatic heterocycles. The van der Waals surface area contributed by atoms with Crippen LogP contribution in [0.15, 0.2) is 18.2 Å². The highest BCUT2D eigenvalue weighted by molar-refractivity contribution is 5.83. The van der Waals surface area contributed by atoms with Crippen LogP contribution in [0.3, 0.4) is 0 Å². The van der Waals surface area contributed by atoms with E-state index in [0.29, 0.717) is 6.10 Å². The van der Waals surface area contributed by atoms with Gasteiger partial charge in [0, 0.05) is 5.56 Å². The van der Waals surface area contributed by atoms with Gasteiger partial charge in [0.1, 0.15) is 5.75 Å². The fraction of sp³-hybridized carbons (Fsp3) is 0.562. The molecule has 1 aromatic carbocycles. The Labute approximate surface area is 113 Å². The molecule has 2 saturated carbocycles. The van der Waals surface area contributed by atoms with Crippen LogP contribution in [-0.2, 0) is 10.2 Å². The molecule has 0 atom stereocenters. The third kappa shape index (κ3) is 2.22. The standard InChI is InChI=1S/C16H20O3/c1-11-4-7-14(19-12-5-6-12)13(10-11)16(15(17)18)8-2-3-9-16/h4,7,10,12H,2-3,5-6,8-9H2,1H3,(H,17,18). The Balaban J connectivity index is 2.05. The van der Waals surface area contributed by atoms with Crippen LogP contribution >= 0.6 is 0 Å². The number of aryl methyl sites for hydroxylation is 1. The van der Waals surface area contributed by atoms with E-state index >= 15 is 0 Å². The van der Waals surface area contributed by atoms with Gasteiger partial charge in [-0.15, -0.1) is 0 Å². The highest BCUT2D eigenvalue weighted by Crippen LogP contribution is 2.46. The van der Waals surface area contributed by atoms with Gasteiger partial charge in [0.15, 0.2) is 0 Å². The van der Waals surface area contributed by atoms with Crippen LogP contribution in [0.25, 0.3) is 0 Å². The van der Waals surface area contributed by atoms with Crippen LogP contribution in [-0.4, -0.2) is 17.2 Å². The Bertz CT molecular complexity index is 497. The van der Waals surface area contributed by atoms with Crippen LogP contribution in [0.1, 0.15) is 49.7 Å². The fourth-order valence-corrected chi connectivity index (χ4v) is 3.06. The van der Waals surface area contributed by atoms with Gasteiger partial charge in [-0.25, -0.2) is 0 Å². The maximum Gasteiger partial charge on any atom is 0.314 e. The molecule has 2 aliphatic carbocycles. The molecule has 0 amide bonds. The SMILES string of the molecule is Cc1ccc(OC2CC2)c(C2(C(=O)O)CCCC2)c1. The van der Waals surface area contributed by atoms with Crippen LogP contribution in [0.2, 0.25) is 0 Å². The lowest BCUT2D eigenvalue weighted by molar-refractivity contribution is -0.143. The Morgan fingerprint density at radius 3 is 2.58 bits per heavy atom. The van der Waals surface area contributed by atoms with E-state index < -0.39 is 11.4 Å². The number of carboxylic acid groups (broad SMARTS) is 1. The summed E-state index contributed by atoms with van der Waals surface area (Å²) < 4.78 is 5.94. The Morgan fingerprint density at radius 1 is 1.32 bits per heavy atom. The molecule has 0 aromatic heterocycles. The second-order valence-corrected chi connectivity index (χ2v) is 5.91. The zero-order chi connectivity index (χ0) is 13.5. The topological polar surface area (TPSA) is 46.5 Å². The first-order valence-corrected chi connectivity index (χ1v) is 7.13. The Morgan fingerprint density at radius 2 is 2.00 bits per heavy atom. The molecule has 3 nitrogen and oxygen atoms in total. The monoisotopic (exact) mass is 260 g/mol. The lowest BCUT2D eigenvalue weighted by Gasteiger charge is -2.27. The van der Waals surface area contributed by atoms with Gasteiger partial charge in [0.05, 0.1) is 11.5 Å². The van der Waals surface area contributed by atoms with Crippen molar-refractivity contribution in [1.82, 2.24) is 0 Å². The van der Waals surface area contributed by atoms with E-state index in [1.54, 1.807) is 0 Å². The summed E-state index contributed by atoms with van der Waals surface area (Å²) in [6.45, 7) is 2.01. The summed E-state index contributed by atoms with van der Waals surface area (Å²) in [5, 5.41) is 9.73. The summed E-state index contributed by atoms with van der Waals surface area (Å²) in [6, 6.07) is 5.97. The smallest absolute Gasteiger partial charge is 0.314 e. The average molecular weight is 260 g/mol. The lowest BCUT2D eigenvalue weighted by Crippen LogP contribution is -2.33. The summed E-state index contributed by atoms with van der Waals surface area (Å²) in [4.78, 5) is 11.8. The van der Waals surface area contributed by atoms with Crippen molar-refractivity contribution in [1.29, 1.82) is 0 Å². The van der Waals surface area contributed by atoms with Gasteiger partial charge in [0.2, 0.25) is 0 Å². The van der Waals surface area contributed by atoms with Crippen molar-refractivity contribution in [2.75, 3.05) is 0 Å². The Hall–Kier alpha value is -1.51. The zero-order valence-electron chi connectivity index (χ0n) is 11.3. The van der Waals surface area contributed by atoms with Crippen molar-refractivity contribution in [3.63, 3.8) is 0 Å². The highest BCUT2D eigenvalue weighted by atomic mass is 16.5. The molecule has 0 saturated heterocycles. The maximum atomic E-state index is 11.8. The van der Waals surface area contributed by atoms with Crippen LogP contribution in [0.4, 0.5) is 0 Å². The molecule has 1 N–H and O–H groups in total. The molecule has 0 radical (unpaired) electrons. The van der Waals surface area contributed by atoms with Crippen molar-refractivity contribution in [2.45, 2.75) is 57.0 Å². The number of rotatable bonds is 4. The van der Waals surface area contributed by atoms with E-state index in [4.69, 9.17) is 4.74 Å². The van der Waals surface area contributed by atoms with Crippen molar-refractivity contribution >= 4 is 5.97 Å². The predicted octanol–water partition coefficient (Wildman–Crippen LogP) is 3.43. The van der Waals surface area contributed by atoms with Crippen LogP contribution < -0.4 is 4.74 Å². The van der Waals surface area contributed by atoms with E-state index in [0.717, 1.165) is 55.4 Å². The second kappa shape index (κ2) is 4.55. The molecule has 1 aromatic rings. The number of ether oxygens (including phenoxy) is 1. The van der Waals surface area contributed by atoms with Crippen molar-refractivity contribution in [3.05, 3.63) is 29.3 Å². The van der Waals surface area contributed by atoms with Gasteiger partial charge in [0.25, 0.3) is 0 Å². The summed E-state index contributed by atoms with van der Waals surface area (Å²) >= 11 is 0. The van der Waals surface area contributed by atoms with Crippen molar-refractivity contribution in [2.24, 2.45) is 0 Å². The largest absolute Gasteiger partial charge is 0.490 e. The number of hydrogen-bond acceptors (Lipinski definition) is 2. The maximum absolute atomic E-state index is 11.8. The highest BCUT2D eigenvalue weighted by Gasteiger charge is 2.45. The Kier molecular flexibility index (Phi) is 3.00. The first-order chi connectivity index (χ1) is 9.12. The lowest BCUT2D eigenvalue weighted by atomic mass is 9.78. The van der Waals surface area contributed by atoms with Gasteiger partial charge in [-0.3, -0.25) is 4.79 Å². The minimum absolute atomic E-state index is 0.300. The summed E-state index contributed by atoms with van der Waals surface area (Å²) in [7, 11) is 0. The molecule has 2 aliphatic rings. The molecular weight excluding hydrogens is 240 g/mol. The van der Waals surface area contributed by atoms with E-state index in [-0.39, 0.29) is 0 Å². The van der Waals surface area contributed by atoms with Gasteiger partial charge in [-0.2, -0.15) is 0 Å². The predicted molar refractivity (Wildman–Crippen MR) is 72.6 cm³/mol. The summed E-state index contributed by atoms with van der Waals surface area (Å²) in [5.74, 6) is 0.0913. The number of benzene rings is 1. The fourth-order valence-electron chi connectivity index (χ4n) is 3.06. The third-order valence-corrected chi connectivity index (χ3v) is 4.34. The van der Waals surface area contributed by atoms with E-state index in [1.807, 2.05) is 25.1 Å². The molecule has 102 valence electrons. The molecule has 0 bridgehead atoms. The first kappa shape index (κ1) is 12.5. The molecule has 2 fully saturated rings.